The summed E-state index contributed by atoms with van der Waals surface area (Å²) in [5, 5.41) is 20.3. The summed E-state index contributed by atoms with van der Waals surface area (Å²) in [6.07, 6.45) is 2.41. The van der Waals surface area contributed by atoms with Gasteiger partial charge in [0, 0.05) is 20.1 Å². The highest BCUT2D eigenvalue weighted by Gasteiger charge is 2.36. The van der Waals surface area contributed by atoms with Crippen LogP contribution < -0.4 is 4.74 Å². The summed E-state index contributed by atoms with van der Waals surface area (Å²) < 4.78 is 14.9. The van der Waals surface area contributed by atoms with Crippen molar-refractivity contribution in [1.29, 1.82) is 0 Å². The van der Waals surface area contributed by atoms with E-state index in [0.29, 0.717) is 31.0 Å². The van der Waals surface area contributed by atoms with Crippen LogP contribution in [0.5, 0.6) is 5.88 Å². The minimum Gasteiger partial charge on any atom is -0.472 e. The molecule has 0 aliphatic rings. The molecule has 0 aromatic carbocycles. The third-order valence-corrected chi connectivity index (χ3v) is 9.79. The van der Waals surface area contributed by atoms with E-state index in [-0.39, 0.29) is 16.6 Å². The van der Waals surface area contributed by atoms with E-state index in [1.165, 1.54) is 4.68 Å². The Kier molecular flexibility index (Phi) is 6.34. The van der Waals surface area contributed by atoms with Gasteiger partial charge >= 0.3 is 11.6 Å². The lowest BCUT2D eigenvalue weighted by atomic mass is 10.2. The monoisotopic (exact) mass is 409 g/mol. The average Bonchev–Trinajstić information content (AvgIpc) is 3.04. The average molecular weight is 410 g/mol. The Morgan fingerprint density at radius 1 is 1.21 bits per heavy atom. The third kappa shape index (κ3) is 4.61. The molecule has 2 heterocycles. The van der Waals surface area contributed by atoms with E-state index in [1.54, 1.807) is 24.9 Å². The van der Waals surface area contributed by atoms with Crippen LogP contribution in [-0.4, -0.2) is 46.0 Å². The van der Waals surface area contributed by atoms with Crippen molar-refractivity contribution in [1.82, 2.24) is 19.6 Å². The summed E-state index contributed by atoms with van der Waals surface area (Å²) in [7, 11) is -0.0135. The highest BCUT2D eigenvalue weighted by atomic mass is 28.4. The van der Waals surface area contributed by atoms with E-state index >= 15 is 0 Å². The van der Waals surface area contributed by atoms with Crippen molar-refractivity contribution >= 4 is 14.0 Å². The van der Waals surface area contributed by atoms with Crippen molar-refractivity contribution < 1.29 is 14.1 Å². The zero-order chi connectivity index (χ0) is 21.3. The highest BCUT2D eigenvalue weighted by molar-refractivity contribution is 6.74. The molecule has 2 aromatic heterocycles. The van der Waals surface area contributed by atoms with Crippen LogP contribution in [0, 0.1) is 24.0 Å². The number of aryl methyl sites for hydroxylation is 2. The van der Waals surface area contributed by atoms with Gasteiger partial charge in [-0.1, -0.05) is 20.8 Å². The first-order valence-corrected chi connectivity index (χ1v) is 12.3. The van der Waals surface area contributed by atoms with E-state index in [2.05, 4.69) is 44.1 Å². The molecule has 28 heavy (non-hydrogen) atoms. The number of hydrogen-bond donors (Lipinski definition) is 0. The minimum atomic E-state index is -1.81. The summed E-state index contributed by atoms with van der Waals surface area (Å²) in [5.41, 5.74) is 1.72. The standard InChI is InChI=1S/C18H31N5O4Si/c1-13-15(12-21(6)19-13)22-14(2)16(23(24)25)17(20-22)26-10-9-11-27-28(7,8)18(3,4)5/h12H,9-11H2,1-8H3. The van der Waals surface area contributed by atoms with Crippen molar-refractivity contribution in [3.8, 4) is 11.6 Å². The van der Waals surface area contributed by atoms with Crippen LogP contribution in [0.15, 0.2) is 6.20 Å². The summed E-state index contributed by atoms with van der Waals surface area (Å²) in [5.74, 6) is 0.0260. The Morgan fingerprint density at radius 3 is 2.36 bits per heavy atom. The summed E-state index contributed by atoms with van der Waals surface area (Å²) in [6.45, 7) is 15.3. The zero-order valence-electron chi connectivity index (χ0n) is 18.1. The number of aromatic nitrogens is 4. The molecule has 0 atom stereocenters. The van der Waals surface area contributed by atoms with Crippen LogP contribution in [0.25, 0.3) is 5.69 Å². The van der Waals surface area contributed by atoms with Crippen molar-refractivity contribution in [2.75, 3.05) is 13.2 Å². The SMILES string of the molecule is Cc1nn(C)cc1-n1nc(OCCCO[Si](C)(C)C(C)(C)C)c([N+](=O)[O-])c1C. The number of nitro groups is 1. The van der Waals surface area contributed by atoms with Gasteiger partial charge in [0.1, 0.15) is 11.4 Å². The predicted molar refractivity (Wildman–Crippen MR) is 110 cm³/mol. The molecular formula is C18H31N5O4Si. The molecule has 0 fully saturated rings. The molecule has 0 aliphatic heterocycles. The van der Waals surface area contributed by atoms with Gasteiger partial charge in [0.2, 0.25) is 0 Å². The van der Waals surface area contributed by atoms with Crippen molar-refractivity contribution in [2.45, 2.75) is 59.2 Å². The Bertz CT molecular complexity index is 851. The van der Waals surface area contributed by atoms with E-state index in [1.807, 2.05) is 6.92 Å². The first-order chi connectivity index (χ1) is 12.8. The number of ether oxygens (including phenoxy) is 1. The smallest absolute Gasteiger partial charge is 0.353 e. The fourth-order valence-corrected chi connectivity index (χ4v) is 3.66. The molecule has 0 unspecified atom stereocenters. The third-order valence-electron chi connectivity index (χ3n) is 5.25. The molecule has 0 saturated carbocycles. The molecule has 0 bridgehead atoms. The van der Waals surface area contributed by atoms with Gasteiger partial charge in [0.25, 0.3) is 0 Å². The van der Waals surface area contributed by atoms with Crippen molar-refractivity contribution in [2.24, 2.45) is 7.05 Å². The maximum Gasteiger partial charge on any atom is 0.353 e. The van der Waals surface area contributed by atoms with Gasteiger partial charge in [-0.05, 0) is 32.0 Å². The fraction of sp³-hybridized carbons (Fsp3) is 0.667. The molecule has 0 spiro atoms. The van der Waals surface area contributed by atoms with Gasteiger partial charge in [0.15, 0.2) is 8.32 Å². The summed E-state index contributed by atoms with van der Waals surface area (Å²) in [4.78, 5) is 11.1. The second kappa shape index (κ2) is 8.04. The van der Waals surface area contributed by atoms with Crippen molar-refractivity contribution in [3.63, 3.8) is 0 Å². The Morgan fingerprint density at radius 2 is 1.86 bits per heavy atom. The van der Waals surface area contributed by atoms with Gasteiger partial charge in [-0.25, -0.2) is 4.68 Å². The maximum absolute atomic E-state index is 11.5. The van der Waals surface area contributed by atoms with Crippen LogP contribution in [0.3, 0.4) is 0 Å². The normalized spacial score (nSPS) is 12.4. The Hall–Kier alpha value is -2.20. The molecule has 0 radical (unpaired) electrons. The Labute approximate surface area is 166 Å². The quantitative estimate of drug-likeness (QED) is 0.284. The minimum absolute atomic E-state index is 0.0260. The number of rotatable bonds is 8. The van der Waals surface area contributed by atoms with Crippen LogP contribution >= 0.6 is 0 Å². The van der Waals surface area contributed by atoms with Gasteiger partial charge in [-0.2, -0.15) is 5.10 Å². The second-order valence-electron chi connectivity index (χ2n) is 8.49. The zero-order valence-corrected chi connectivity index (χ0v) is 19.1. The molecule has 0 amide bonds. The van der Waals surface area contributed by atoms with Gasteiger partial charge in [0.05, 0.1) is 23.4 Å². The summed E-state index contributed by atoms with van der Waals surface area (Å²) >= 11 is 0. The van der Waals surface area contributed by atoms with Crippen LogP contribution in [0.2, 0.25) is 18.1 Å². The first-order valence-electron chi connectivity index (χ1n) is 9.36. The molecule has 0 saturated heterocycles. The molecule has 2 rings (SSSR count). The predicted octanol–water partition coefficient (Wildman–Crippen LogP) is 3.92. The Balaban J connectivity index is 2.09. The highest BCUT2D eigenvalue weighted by Crippen LogP contribution is 2.36. The van der Waals surface area contributed by atoms with Crippen LogP contribution in [0.4, 0.5) is 5.69 Å². The van der Waals surface area contributed by atoms with Crippen LogP contribution in [0.1, 0.15) is 38.6 Å². The van der Waals surface area contributed by atoms with Gasteiger partial charge < -0.3 is 9.16 Å². The molecule has 10 heteroatoms. The van der Waals surface area contributed by atoms with E-state index in [9.17, 15) is 10.1 Å². The van der Waals surface area contributed by atoms with Crippen molar-refractivity contribution in [3.05, 3.63) is 27.7 Å². The molecule has 9 nitrogen and oxygen atoms in total. The lowest BCUT2D eigenvalue weighted by molar-refractivity contribution is -0.386. The topological polar surface area (TPSA) is 97.2 Å². The van der Waals surface area contributed by atoms with E-state index in [0.717, 1.165) is 5.69 Å². The second-order valence-corrected chi connectivity index (χ2v) is 13.3. The molecule has 0 aliphatic carbocycles. The lowest BCUT2D eigenvalue weighted by Crippen LogP contribution is -2.41. The first kappa shape index (κ1) is 22.1. The van der Waals surface area contributed by atoms with E-state index < -0.39 is 13.2 Å². The largest absolute Gasteiger partial charge is 0.472 e. The van der Waals surface area contributed by atoms with Gasteiger partial charge in [-0.3, -0.25) is 14.8 Å². The fourth-order valence-electron chi connectivity index (χ4n) is 2.58. The summed E-state index contributed by atoms with van der Waals surface area (Å²) in [6, 6.07) is 0. The lowest BCUT2D eigenvalue weighted by Gasteiger charge is -2.36. The molecular weight excluding hydrogens is 378 g/mol. The maximum atomic E-state index is 11.5. The molecule has 156 valence electrons. The van der Waals surface area contributed by atoms with Gasteiger partial charge in [-0.15, -0.1) is 5.10 Å². The number of nitrogens with zero attached hydrogens (tertiary/aromatic N) is 5. The number of hydrogen-bond acceptors (Lipinski definition) is 6. The molecule has 2 aromatic rings. The van der Waals surface area contributed by atoms with E-state index in [4.69, 9.17) is 9.16 Å². The molecule has 0 N–H and O–H groups in total. The van der Waals surface area contributed by atoms with Crippen LogP contribution in [-0.2, 0) is 11.5 Å².